The number of carbonyl (C=O) groups excluding carboxylic acids is 1. The molecule has 1 aliphatic rings. The molecule has 3 nitrogen and oxygen atoms in total. The molecule has 28 heavy (non-hydrogen) atoms. The fourth-order valence-corrected chi connectivity index (χ4v) is 3.59. The van der Waals surface area contributed by atoms with E-state index in [-0.39, 0.29) is 12.1 Å². The molecule has 2 aromatic carbocycles. The molecule has 146 valence electrons. The van der Waals surface area contributed by atoms with Gasteiger partial charge < -0.3 is 4.74 Å². The standard InChI is InChI=1S/C25H29NO2/c1-6-20-17-23(26(18(20)2)24(27)28-25(3,4)5)16-19-12-14-22(15-13-19)21-10-8-7-9-11-21/h6-15,23H,2,16-17H2,1,3-5H3/b20-6+/t23-/m1/s1. The molecule has 0 spiro atoms. The Labute approximate surface area is 168 Å². The van der Waals surface area contributed by atoms with E-state index >= 15 is 0 Å². The number of allylic oxidation sites excluding steroid dienone is 2. The van der Waals surface area contributed by atoms with Crippen LogP contribution in [-0.2, 0) is 11.2 Å². The second-order valence-corrected chi connectivity index (χ2v) is 8.24. The Kier molecular flexibility index (Phi) is 5.73. The number of rotatable bonds is 3. The van der Waals surface area contributed by atoms with Crippen molar-refractivity contribution in [3.8, 4) is 11.1 Å². The molecule has 1 fully saturated rings. The molecule has 1 heterocycles. The molecule has 0 aliphatic carbocycles. The van der Waals surface area contributed by atoms with Gasteiger partial charge >= 0.3 is 6.09 Å². The molecule has 0 unspecified atom stereocenters. The molecule has 0 aromatic heterocycles. The highest BCUT2D eigenvalue weighted by atomic mass is 16.6. The van der Waals surface area contributed by atoms with Crippen molar-refractivity contribution in [3.63, 3.8) is 0 Å². The lowest BCUT2D eigenvalue weighted by Crippen LogP contribution is -2.39. The van der Waals surface area contributed by atoms with Gasteiger partial charge in [-0.15, -0.1) is 0 Å². The molecule has 2 aromatic rings. The highest BCUT2D eigenvalue weighted by Crippen LogP contribution is 2.35. The zero-order chi connectivity index (χ0) is 20.3. The molecule has 1 aliphatic heterocycles. The molecule has 0 bridgehead atoms. The summed E-state index contributed by atoms with van der Waals surface area (Å²) >= 11 is 0. The van der Waals surface area contributed by atoms with Gasteiger partial charge in [0.05, 0.1) is 0 Å². The van der Waals surface area contributed by atoms with Gasteiger partial charge in [-0.2, -0.15) is 0 Å². The van der Waals surface area contributed by atoms with E-state index in [1.807, 2.05) is 52.0 Å². The molecular formula is C25H29NO2. The molecule has 3 heteroatoms. The average molecular weight is 376 g/mol. The molecule has 1 saturated heterocycles. The molecule has 1 atom stereocenters. The van der Waals surface area contributed by atoms with Gasteiger partial charge in [-0.1, -0.05) is 67.3 Å². The van der Waals surface area contributed by atoms with Crippen LogP contribution in [0.1, 0.15) is 39.7 Å². The number of ether oxygens (including phenoxy) is 1. The summed E-state index contributed by atoms with van der Waals surface area (Å²) in [6, 6.07) is 18.9. The zero-order valence-electron chi connectivity index (χ0n) is 17.2. The van der Waals surface area contributed by atoms with Crippen LogP contribution in [0.3, 0.4) is 0 Å². The number of likely N-dealkylation sites (tertiary alicyclic amines) is 1. The third-order valence-corrected chi connectivity index (χ3v) is 4.95. The van der Waals surface area contributed by atoms with Crippen molar-refractivity contribution in [3.05, 3.63) is 84.1 Å². The van der Waals surface area contributed by atoms with E-state index in [4.69, 9.17) is 4.74 Å². The van der Waals surface area contributed by atoms with Crippen molar-refractivity contribution in [2.45, 2.75) is 52.2 Å². The predicted molar refractivity (Wildman–Crippen MR) is 115 cm³/mol. The number of carbonyl (C=O) groups is 1. The van der Waals surface area contributed by atoms with E-state index in [2.05, 4.69) is 43.0 Å². The SMILES string of the molecule is C=C1/C(=C/C)C[C@@H](Cc2ccc(-c3ccccc3)cc2)N1C(=O)OC(C)(C)C. The molecule has 3 rings (SSSR count). The van der Waals surface area contributed by atoms with Crippen LogP contribution < -0.4 is 0 Å². The first-order valence-electron chi connectivity index (χ1n) is 9.79. The molecule has 1 amide bonds. The number of benzene rings is 2. The summed E-state index contributed by atoms with van der Waals surface area (Å²) in [5.41, 5.74) is 4.92. The summed E-state index contributed by atoms with van der Waals surface area (Å²) < 4.78 is 5.63. The Balaban J connectivity index is 1.79. The van der Waals surface area contributed by atoms with Crippen LogP contribution >= 0.6 is 0 Å². The highest BCUT2D eigenvalue weighted by molar-refractivity contribution is 5.73. The first kappa shape index (κ1) is 19.9. The average Bonchev–Trinajstić information content (AvgIpc) is 2.97. The fourth-order valence-electron chi connectivity index (χ4n) is 3.59. The van der Waals surface area contributed by atoms with Crippen molar-refractivity contribution >= 4 is 6.09 Å². The third kappa shape index (κ3) is 4.53. The lowest BCUT2D eigenvalue weighted by molar-refractivity contribution is 0.0280. The van der Waals surface area contributed by atoms with Crippen LogP contribution in [0.15, 0.2) is 78.5 Å². The second-order valence-electron chi connectivity index (χ2n) is 8.24. The third-order valence-electron chi connectivity index (χ3n) is 4.95. The minimum atomic E-state index is -0.530. The lowest BCUT2D eigenvalue weighted by atomic mass is 9.99. The van der Waals surface area contributed by atoms with E-state index < -0.39 is 5.60 Å². The first-order chi connectivity index (χ1) is 13.3. The number of amides is 1. The van der Waals surface area contributed by atoms with Crippen molar-refractivity contribution in [2.75, 3.05) is 0 Å². The first-order valence-corrected chi connectivity index (χ1v) is 9.79. The van der Waals surface area contributed by atoms with E-state index in [1.165, 1.54) is 16.7 Å². The Morgan fingerprint density at radius 3 is 2.29 bits per heavy atom. The van der Waals surface area contributed by atoms with Gasteiger partial charge in [-0.05, 0) is 62.8 Å². The van der Waals surface area contributed by atoms with E-state index in [1.54, 1.807) is 4.90 Å². The maximum absolute atomic E-state index is 12.8. The lowest BCUT2D eigenvalue weighted by Gasteiger charge is -2.29. The van der Waals surface area contributed by atoms with Crippen molar-refractivity contribution in [1.82, 2.24) is 4.90 Å². The summed E-state index contributed by atoms with van der Waals surface area (Å²) in [4.78, 5) is 14.5. The van der Waals surface area contributed by atoms with Crippen LogP contribution in [-0.4, -0.2) is 22.6 Å². The van der Waals surface area contributed by atoms with Crippen LogP contribution in [0, 0.1) is 0 Å². The number of hydrogen-bond donors (Lipinski definition) is 0. The number of nitrogens with zero attached hydrogens (tertiary/aromatic N) is 1. The molecule has 0 saturated carbocycles. The summed E-state index contributed by atoms with van der Waals surface area (Å²) in [5.74, 6) is 0. The van der Waals surface area contributed by atoms with Crippen molar-refractivity contribution < 1.29 is 9.53 Å². The van der Waals surface area contributed by atoms with Crippen LogP contribution in [0.2, 0.25) is 0 Å². The van der Waals surface area contributed by atoms with Crippen LogP contribution in [0.4, 0.5) is 4.79 Å². The van der Waals surface area contributed by atoms with Gasteiger partial charge in [-0.25, -0.2) is 4.79 Å². The Morgan fingerprint density at radius 2 is 1.71 bits per heavy atom. The van der Waals surface area contributed by atoms with E-state index in [9.17, 15) is 4.79 Å². The summed E-state index contributed by atoms with van der Waals surface area (Å²) in [6.07, 6.45) is 3.29. The quantitative estimate of drug-likeness (QED) is 0.624. The summed E-state index contributed by atoms with van der Waals surface area (Å²) in [5, 5.41) is 0. The minimum absolute atomic E-state index is 0.0242. The zero-order valence-corrected chi connectivity index (χ0v) is 17.2. The predicted octanol–water partition coefficient (Wildman–Crippen LogP) is 6.37. The molecular weight excluding hydrogens is 346 g/mol. The monoisotopic (exact) mass is 375 g/mol. The van der Waals surface area contributed by atoms with E-state index in [0.717, 1.165) is 24.1 Å². The van der Waals surface area contributed by atoms with Gasteiger partial charge in [0.2, 0.25) is 0 Å². The molecule has 0 radical (unpaired) electrons. The normalized spacial score (nSPS) is 18.6. The van der Waals surface area contributed by atoms with Gasteiger partial charge in [-0.3, -0.25) is 4.90 Å². The van der Waals surface area contributed by atoms with Gasteiger partial charge in [0.15, 0.2) is 0 Å². The van der Waals surface area contributed by atoms with Crippen LogP contribution in [0.25, 0.3) is 11.1 Å². The summed E-state index contributed by atoms with van der Waals surface area (Å²) in [7, 11) is 0. The topological polar surface area (TPSA) is 29.5 Å². The smallest absolute Gasteiger partial charge is 0.415 e. The Hall–Kier alpha value is -2.81. The maximum Gasteiger partial charge on any atom is 0.415 e. The van der Waals surface area contributed by atoms with Gasteiger partial charge in [0.1, 0.15) is 5.60 Å². The maximum atomic E-state index is 12.8. The van der Waals surface area contributed by atoms with Gasteiger partial charge in [0, 0.05) is 11.7 Å². The van der Waals surface area contributed by atoms with Crippen molar-refractivity contribution in [2.24, 2.45) is 0 Å². The second kappa shape index (κ2) is 8.05. The molecule has 0 N–H and O–H groups in total. The number of hydrogen-bond acceptors (Lipinski definition) is 2. The van der Waals surface area contributed by atoms with Crippen LogP contribution in [0.5, 0.6) is 0 Å². The van der Waals surface area contributed by atoms with E-state index in [0.29, 0.717) is 0 Å². The highest BCUT2D eigenvalue weighted by Gasteiger charge is 2.37. The summed E-state index contributed by atoms with van der Waals surface area (Å²) in [6.45, 7) is 11.8. The Bertz CT molecular complexity index is 873. The minimum Gasteiger partial charge on any atom is -0.443 e. The Morgan fingerprint density at radius 1 is 1.11 bits per heavy atom. The fraction of sp³-hybridized carbons (Fsp3) is 0.320. The van der Waals surface area contributed by atoms with Gasteiger partial charge in [0.25, 0.3) is 0 Å². The largest absolute Gasteiger partial charge is 0.443 e. The van der Waals surface area contributed by atoms with Crippen molar-refractivity contribution in [1.29, 1.82) is 0 Å².